The van der Waals surface area contributed by atoms with Crippen molar-refractivity contribution in [2.45, 2.75) is 45.4 Å². The molecule has 0 aromatic rings. The Morgan fingerprint density at radius 2 is 1.74 bits per heavy atom. The molecule has 3 N–H and O–H groups in total. The molecule has 0 radical (unpaired) electrons. The van der Waals surface area contributed by atoms with E-state index in [-0.39, 0.29) is 17.2 Å². The van der Waals surface area contributed by atoms with E-state index in [9.17, 15) is 9.59 Å². The third-order valence-electron chi connectivity index (χ3n) is 5.34. The van der Waals surface area contributed by atoms with Gasteiger partial charge in [-0.3, -0.25) is 14.5 Å². The number of carbonyl (C=O) groups excluding carboxylic acids is 2. The lowest BCUT2D eigenvalue weighted by Crippen LogP contribution is -2.52. The fraction of sp³-hybridized carbons (Fsp3) is 0.882. The molecular weight excluding hydrogens is 292 g/mol. The number of hydrogen-bond acceptors (Lipinski definition) is 4. The van der Waals surface area contributed by atoms with E-state index < -0.39 is 0 Å². The second-order valence-corrected chi connectivity index (χ2v) is 7.05. The van der Waals surface area contributed by atoms with Crippen LogP contribution >= 0.6 is 0 Å². The Kier molecular flexibility index (Phi) is 6.84. The normalized spacial score (nSPS) is 21.9. The highest BCUT2D eigenvalue weighted by atomic mass is 16.2. The van der Waals surface area contributed by atoms with Crippen LogP contribution < -0.4 is 11.1 Å². The first kappa shape index (κ1) is 18.2. The number of hydrogen-bond donors (Lipinski definition) is 2. The molecule has 0 bridgehead atoms. The minimum absolute atomic E-state index is 0.0352. The number of nitrogens with one attached hydrogen (secondary N) is 1. The summed E-state index contributed by atoms with van der Waals surface area (Å²) in [7, 11) is 0. The fourth-order valence-electron chi connectivity index (χ4n) is 3.80. The van der Waals surface area contributed by atoms with E-state index in [1.807, 2.05) is 11.8 Å². The SMILES string of the molecule is CCNC(=O)CN1CCN(C(=O)CC2(CN)CCCCC2)CC1. The Balaban J connectivity index is 1.78. The fourth-order valence-corrected chi connectivity index (χ4v) is 3.80. The summed E-state index contributed by atoms with van der Waals surface area (Å²) in [6.45, 7) is 6.64. The van der Waals surface area contributed by atoms with Crippen LogP contribution in [-0.2, 0) is 9.59 Å². The highest BCUT2D eigenvalue weighted by molar-refractivity contribution is 5.78. The molecule has 0 aromatic carbocycles. The van der Waals surface area contributed by atoms with Crippen molar-refractivity contribution in [2.75, 3.05) is 45.8 Å². The maximum atomic E-state index is 12.6. The molecule has 1 aliphatic heterocycles. The molecule has 0 aromatic heterocycles. The monoisotopic (exact) mass is 324 g/mol. The number of carbonyl (C=O) groups is 2. The molecule has 0 unspecified atom stereocenters. The topological polar surface area (TPSA) is 78.7 Å². The van der Waals surface area contributed by atoms with Crippen molar-refractivity contribution in [3.63, 3.8) is 0 Å². The zero-order valence-corrected chi connectivity index (χ0v) is 14.5. The van der Waals surface area contributed by atoms with E-state index in [2.05, 4.69) is 10.2 Å². The summed E-state index contributed by atoms with van der Waals surface area (Å²) >= 11 is 0. The summed E-state index contributed by atoms with van der Waals surface area (Å²) in [5, 5.41) is 2.82. The average molecular weight is 324 g/mol. The van der Waals surface area contributed by atoms with Crippen molar-refractivity contribution in [1.82, 2.24) is 15.1 Å². The van der Waals surface area contributed by atoms with Gasteiger partial charge in [0.15, 0.2) is 0 Å². The predicted molar refractivity (Wildman–Crippen MR) is 90.9 cm³/mol. The molecule has 2 amide bonds. The standard InChI is InChI=1S/C17H32N4O2/c1-2-19-15(22)13-20-8-10-21(11-9-20)16(23)12-17(14-18)6-4-3-5-7-17/h2-14,18H2,1H3,(H,19,22). The molecule has 2 rings (SSSR count). The third-order valence-corrected chi connectivity index (χ3v) is 5.34. The maximum absolute atomic E-state index is 12.6. The first-order valence-corrected chi connectivity index (χ1v) is 9.05. The zero-order valence-electron chi connectivity index (χ0n) is 14.5. The van der Waals surface area contributed by atoms with Crippen LogP contribution in [0.5, 0.6) is 0 Å². The van der Waals surface area contributed by atoms with Crippen LogP contribution in [0.3, 0.4) is 0 Å². The number of likely N-dealkylation sites (N-methyl/N-ethyl adjacent to an activating group) is 1. The Morgan fingerprint density at radius 1 is 1.09 bits per heavy atom. The molecule has 1 heterocycles. The van der Waals surface area contributed by atoms with E-state index >= 15 is 0 Å². The summed E-state index contributed by atoms with van der Waals surface area (Å²) in [4.78, 5) is 28.3. The van der Waals surface area contributed by atoms with Crippen LogP contribution in [0.15, 0.2) is 0 Å². The van der Waals surface area contributed by atoms with Crippen LogP contribution in [0, 0.1) is 5.41 Å². The number of nitrogens with two attached hydrogens (primary N) is 1. The lowest BCUT2D eigenvalue weighted by Gasteiger charge is -2.39. The molecule has 1 saturated heterocycles. The van der Waals surface area contributed by atoms with E-state index in [0.29, 0.717) is 26.1 Å². The van der Waals surface area contributed by atoms with Gasteiger partial charge in [0, 0.05) is 39.1 Å². The van der Waals surface area contributed by atoms with Crippen molar-refractivity contribution in [1.29, 1.82) is 0 Å². The molecule has 0 atom stereocenters. The Hall–Kier alpha value is -1.14. The van der Waals surface area contributed by atoms with Gasteiger partial charge in [0.25, 0.3) is 0 Å². The van der Waals surface area contributed by atoms with Gasteiger partial charge in [-0.25, -0.2) is 0 Å². The van der Waals surface area contributed by atoms with Gasteiger partial charge in [-0.05, 0) is 31.7 Å². The smallest absolute Gasteiger partial charge is 0.234 e. The average Bonchev–Trinajstić information content (AvgIpc) is 2.56. The summed E-state index contributed by atoms with van der Waals surface area (Å²) in [5.41, 5.74) is 6.03. The van der Waals surface area contributed by atoms with Gasteiger partial charge in [0.2, 0.25) is 11.8 Å². The quantitative estimate of drug-likeness (QED) is 0.748. The maximum Gasteiger partial charge on any atom is 0.234 e. The van der Waals surface area contributed by atoms with E-state index in [0.717, 1.165) is 39.0 Å². The van der Waals surface area contributed by atoms with Crippen molar-refractivity contribution < 1.29 is 9.59 Å². The third kappa shape index (κ3) is 5.18. The van der Waals surface area contributed by atoms with E-state index in [4.69, 9.17) is 5.73 Å². The Labute approximate surface area is 139 Å². The van der Waals surface area contributed by atoms with Crippen molar-refractivity contribution in [3.8, 4) is 0 Å². The van der Waals surface area contributed by atoms with Crippen molar-refractivity contribution >= 4 is 11.8 Å². The largest absolute Gasteiger partial charge is 0.355 e. The van der Waals surface area contributed by atoms with Crippen LogP contribution in [0.4, 0.5) is 0 Å². The zero-order chi connectivity index (χ0) is 16.7. The minimum Gasteiger partial charge on any atom is -0.355 e. The highest BCUT2D eigenvalue weighted by Crippen LogP contribution is 2.38. The van der Waals surface area contributed by atoms with E-state index in [1.54, 1.807) is 0 Å². The molecule has 132 valence electrons. The molecule has 23 heavy (non-hydrogen) atoms. The van der Waals surface area contributed by atoms with E-state index in [1.165, 1.54) is 19.3 Å². The number of piperazine rings is 1. The molecule has 2 fully saturated rings. The van der Waals surface area contributed by atoms with Gasteiger partial charge < -0.3 is 16.0 Å². The second kappa shape index (κ2) is 8.64. The lowest BCUT2D eigenvalue weighted by atomic mass is 9.71. The molecule has 6 heteroatoms. The van der Waals surface area contributed by atoms with Crippen LogP contribution in [0.25, 0.3) is 0 Å². The molecular formula is C17H32N4O2. The Morgan fingerprint density at radius 3 is 2.30 bits per heavy atom. The van der Waals surface area contributed by atoms with Crippen LogP contribution in [0.1, 0.15) is 45.4 Å². The van der Waals surface area contributed by atoms with Crippen LogP contribution in [-0.4, -0.2) is 67.4 Å². The first-order valence-electron chi connectivity index (χ1n) is 9.05. The number of nitrogens with zero attached hydrogens (tertiary/aromatic N) is 2. The summed E-state index contributed by atoms with van der Waals surface area (Å²) in [5.74, 6) is 0.312. The molecule has 1 aliphatic carbocycles. The highest BCUT2D eigenvalue weighted by Gasteiger charge is 2.35. The summed E-state index contributed by atoms with van der Waals surface area (Å²) < 4.78 is 0. The Bertz CT molecular complexity index is 399. The molecule has 1 saturated carbocycles. The number of rotatable bonds is 6. The second-order valence-electron chi connectivity index (χ2n) is 7.05. The minimum atomic E-state index is 0.0352. The van der Waals surface area contributed by atoms with Crippen molar-refractivity contribution in [2.24, 2.45) is 11.1 Å². The molecule has 2 aliphatic rings. The lowest BCUT2D eigenvalue weighted by molar-refractivity contribution is -0.136. The van der Waals surface area contributed by atoms with Gasteiger partial charge in [-0.15, -0.1) is 0 Å². The summed E-state index contributed by atoms with van der Waals surface area (Å²) in [6.07, 6.45) is 6.45. The van der Waals surface area contributed by atoms with Gasteiger partial charge in [0.05, 0.1) is 6.54 Å². The number of amides is 2. The predicted octanol–water partition coefficient (Wildman–Crippen LogP) is 0.566. The van der Waals surface area contributed by atoms with Gasteiger partial charge in [0.1, 0.15) is 0 Å². The van der Waals surface area contributed by atoms with Gasteiger partial charge in [-0.2, -0.15) is 0 Å². The summed E-state index contributed by atoms with van der Waals surface area (Å²) in [6, 6.07) is 0. The van der Waals surface area contributed by atoms with Crippen LogP contribution in [0.2, 0.25) is 0 Å². The first-order chi connectivity index (χ1) is 11.1. The van der Waals surface area contributed by atoms with Gasteiger partial charge in [-0.1, -0.05) is 19.3 Å². The molecule has 0 spiro atoms. The van der Waals surface area contributed by atoms with Crippen molar-refractivity contribution in [3.05, 3.63) is 0 Å². The molecule has 6 nitrogen and oxygen atoms in total. The van der Waals surface area contributed by atoms with Gasteiger partial charge >= 0.3 is 0 Å².